The summed E-state index contributed by atoms with van der Waals surface area (Å²) in [5, 5.41) is 10.3. The zero-order chi connectivity index (χ0) is 15.0. The first kappa shape index (κ1) is 15.2. The Labute approximate surface area is 113 Å². The maximum Gasteiger partial charge on any atom is 0.391 e. The van der Waals surface area contributed by atoms with Crippen molar-refractivity contribution in [3.05, 3.63) is 35.4 Å². The fourth-order valence-electron chi connectivity index (χ4n) is 2.70. The molecule has 0 radical (unpaired) electrons. The van der Waals surface area contributed by atoms with Crippen LogP contribution in [0.2, 0.25) is 0 Å². The van der Waals surface area contributed by atoms with Crippen molar-refractivity contribution in [3.8, 4) is 0 Å². The van der Waals surface area contributed by atoms with E-state index in [4.69, 9.17) is 0 Å². The van der Waals surface area contributed by atoms with E-state index in [-0.39, 0.29) is 37.7 Å². The van der Waals surface area contributed by atoms with Gasteiger partial charge in [0, 0.05) is 6.42 Å². The molecule has 2 rings (SSSR count). The minimum absolute atomic E-state index is 0.00189. The van der Waals surface area contributed by atoms with Crippen LogP contribution in [-0.2, 0) is 6.42 Å². The van der Waals surface area contributed by atoms with Gasteiger partial charge in [-0.15, -0.1) is 0 Å². The molecule has 6 heteroatoms. The van der Waals surface area contributed by atoms with Crippen LogP contribution in [-0.4, -0.2) is 16.9 Å². The van der Waals surface area contributed by atoms with Crippen LogP contribution < -0.4 is 0 Å². The van der Waals surface area contributed by atoms with E-state index in [2.05, 4.69) is 0 Å². The zero-order valence-corrected chi connectivity index (χ0v) is 10.7. The van der Waals surface area contributed by atoms with E-state index in [1.165, 1.54) is 12.1 Å². The molecule has 0 aliphatic heterocycles. The number of alkyl halides is 3. The van der Waals surface area contributed by atoms with E-state index in [0.717, 1.165) is 6.07 Å². The summed E-state index contributed by atoms with van der Waals surface area (Å²) in [6.45, 7) is 0. The predicted octanol–water partition coefficient (Wildman–Crippen LogP) is 3.99. The SMILES string of the molecule is OC1(Cc2cccc(F)c2F)CCC(C(F)(F)F)CC1. The Morgan fingerprint density at radius 3 is 2.30 bits per heavy atom. The molecule has 1 fully saturated rings. The van der Waals surface area contributed by atoms with Crippen molar-refractivity contribution in [1.29, 1.82) is 0 Å². The fraction of sp³-hybridized carbons (Fsp3) is 0.571. The van der Waals surface area contributed by atoms with Crippen LogP contribution in [0.3, 0.4) is 0 Å². The normalized spacial score (nSPS) is 27.6. The summed E-state index contributed by atoms with van der Waals surface area (Å²) in [4.78, 5) is 0. The number of hydrogen-bond acceptors (Lipinski definition) is 1. The molecule has 0 atom stereocenters. The lowest BCUT2D eigenvalue weighted by Gasteiger charge is -2.36. The van der Waals surface area contributed by atoms with Crippen molar-refractivity contribution in [2.24, 2.45) is 5.92 Å². The molecule has 1 aliphatic carbocycles. The Kier molecular flexibility index (Phi) is 4.04. The number of aliphatic hydroxyl groups is 1. The van der Waals surface area contributed by atoms with Gasteiger partial charge in [-0.1, -0.05) is 12.1 Å². The lowest BCUT2D eigenvalue weighted by molar-refractivity contribution is -0.192. The van der Waals surface area contributed by atoms with E-state index in [9.17, 15) is 27.1 Å². The van der Waals surface area contributed by atoms with Gasteiger partial charge in [0.25, 0.3) is 0 Å². The van der Waals surface area contributed by atoms with Gasteiger partial charge in [0.1, 0.15) is 0 Å². The van der Waals surface area contributed by atoms with Crippen LogP contribution >= 0.6 is 0 Å². The molecule has 1 aliphatic rings. The van der Waals surface area contributed by atoms with Crippen molar-refractivity contribution >= 4 is 0 Å². The largest absolute Gasteiger partial charge is 0.391 e. The average molecular weight is 294 g/mol. The summed E-state index contributed by atoms with van der Waals surface area (Å²) in [7, 11) is 0. The molecule has 0 spiro atoms. The maximum atomic E-state index is 13.5. The molecule has 0 unspecified atom stereocenters. The average Bonchev–Trinajstić information content (AvgIpc) is 2.34. The highest BCUT2D eigenvalue weighted by Gasteiger charge is 2.45. The van der Waals surface area contributed by atoms with Gasteiger partial charge in [-0.05, 0) is 37.3 Å². The van der Waals surface area contributed by atoms with E-state index < -0.39 is 29.3 Å². The summed E-state index contributed by atoms with van der Waals surface area (Å²) >= 11 is 0. The second-order valence-electron chi connectivity index (χ2n) is 5.43. The first-order valence-electron chi connectivity index (χ1n) is 6.43. The third-order valence-electron chi connectivity index (χ3n) is 3.93. The van der Waals surface area contributed by atoms with Gasteiger partial charge in [0.15, 0.2) is 11.6 Å². The van der Waals surface area contributed by atoms with Gasteiger partial charge in [-0.3, -0.25) is 0 Å². The first-order chi connectivity index (χ1) is 9.21. The molecule has 0 heterocycles. The standard InChI is InChI=1S/C14H15F5O/c15-11-3-1-2-9(12(11)16)8-13(20)6-4-10(5-7-13)14(17,18)19/h1-3,10,20H,4-8H2. The van der Waals surface area contributed by atoms with Gasteiger partial charge in [-0.25, -0.2) is 8.78 Å². The molecule has 1 N–H and O–H groups in total. The van der Waals surface area contributed by atoms with E-state index >= 15 is 0 Å². The van der Waals surface area contributed by atoms with Crippen molar-refractivity contribution < 1.29 is 27.1 Å². The highest BCUT2D eigenvalue weighted by atomic mass is 19.4. The zero-order valence-electron chi connectivity index (χ0n) is 10.7. The smallest absolute Gasteiger partial charge is 0.390 e. The van der Waals surface area contributed by atoms with Gasteiger partial charge >= 0.3 is 6.18 Å². The van der Waals surface area contributed by atoms with Gasteiger partial charge in [0.05, 0.1) is 11.5 Å². The molecular formula is C14H15F5O. The van der Waals surface area contributed by atoms with Crippen molar-refractivity contribution in [2.75, 3.05) is 0 Å². The van der Waals surface area contributed by atoms with Crippen LogP contribution in [0.25, 0.3) is 0 Å². The van der Waals surface area contributed by atoms with Gasteiger partial charge < -0.3 is 5.11 Å². The first-order valence-corrected chi connectivity index (χ1v) is 6.43. The van der Waals surface area contributed by atoms with E-state index in [1.807, 2.05) is 0 Å². The van der Waals surface area contributed by atoms with Crippen LogP contribution in [0.4, 0.5) is 22.0 Å². The minimum Gasteiger partial charge on any atom is -0.390 e. The Bertz CT molecular complexity index is 475. The monoisotopic (exact) mass is 294 g/mol. The van der Waals surface area contributed by atoms with Crippen molar-refractivity contribution in [1.82, 2.24) is 0 Å². The van der Waals surface area contributed by atoms with Crippen LogP contribution in [0, 0.1) is 17.6 Å². The third kappa shape index (κ3) is 3.29. The number of benzene rings is 1. The van der Waals surface area contributed by atoms with Crippen LogP contribution in [0.1, 0.15) is 31.2 Å². The molecular weight excluding hydrogens is 279 g/mol. The van der Waals surface area contributed by atoms with Gasteiger partial charge in [-0.2, -0.15) is 13.2 Å². The number of hydrogen-bond donors (Lipinski definition) is 1. The second-order valence-corrected chi connectivity index (χ2v) is 5.43. The van der Waals surface area contributed by atoms with E-state index in [1.54, 1.807) is 0 Å². The maximum absolute atomic E-state index is 13.5. The molecule has 0 bridgehead atoms. The molecule has 1 nitrogen and oxygen atoms in total. The Morgan fingerprint density at radius 2 is 1.75 bits per heavy atom. The summed E-state index contributed by atoms with van der Waals surface area (Å²) in [5.41, 5.74) is -1.39. The van der Waals surface area contributed by atoms with Crippen molar-refractivity contribution in [3.63, 3.8) is 0 Å². The second kappa shape index (κ2) is 5.31. The molecule has 1 aromatic carbocycles. The predicted molar refractivity (Wildman–Crippen MR) is 63.0 cm³/mol. The summed E-state index contributed by atoms with van der Waals surface area (Å²) < 4.78 is 64.2. The highest BCUT2D eigenvalue weighted by Crippen LogP contribution is 2.42. The third-order valence-corrected chi connectivity index (χ3v) is 3.93. The van der Waals surface area contributed by atoms with Crippen molar-refractivity contribution in [2.45, 2.75) is 43.9 Å². The molecule has 0 saturated heterocycles. The Morgan fingerprint density at radius 1 is 1.15 bits per heavy atom. The summed E-state index contributed by atoms with van der Waals surface area (Å²) in [5.74, 6) is -3.48. The lowest BCUT2D eigenvalue weighted by Crippen LogP contribution is -2.40. The number of halogens is 5. The molecule has 112 valence electrons. The lowest BCUT2D eigenvalue weighted by atomic mass is 9.75. The molecule has 20 heavy (non-hydrogen) atoms. The molecule has 0 aromatic heterocycles. The minimum atomic E-state index is -4.26. The van der Waals surface area contributed by atoms with E-state index in [0.29, 0.717) is 0 Å². The summed E-state index contributed by atoms with van der Waals surface area (Å²) in [6, 6.07) is 3.62. The summed E-state index contributed by atoms with van der Waals surface area (Å²) in [6.07, 6.45) is -4.92. The van der Waals surface area contributed by atoms with Gasteiger partial charge in [0.2, 0.25) is 0 Å². The Balaban J connectivity index is 2.05. The topological polar surface area (TPSA) is 20.2 Å². The highest BCUT2D eigenvalue weighted by molar-refractivity contribution is 5.21. The molecule has 1 aromatic rings. The van der Waals surface area contributed by atoms with Crippen LogP contribution in [0.5, 0.6) is 0 Å². The number of rotatable bonds is 2. The fourth-order valence-corrected chi connectivity index (χ4v) is 2.70. The van der Waals surface area contributed by atoms with Crippen LogP contribution in [0.15, 0.2) is 18.2 Å². The molecule has 0 amide bonds. The quantitative estimate of drug-likeness (QED) is 0.818. The molecule has 1 saturated carbocycles. The Hall–Kier alpha value is -1.17.